The molecule has 0 saturated carbocycles. The van der Waals surface area contributed by atoms with Crippen molar-refractivity contribution in [2.24, 2.45) is 0 Å². The van der Waals surface area contributed by atoms with Gasteiger partial charge in [-0.1, -0.05) is 96.8 Å². The molecule has 21 heavy (non-hydrogen) atoms. The van der Waals surface area contributed by atoms with Gasteiger partial charge < -0.3 is 9.90 Å². The fraction of sp³-hybridized carbons (Fsp3) is 0.944. The summed E-state index contributed by atoms with van der Waals surface area (Å²) in [6.07, 6.45) is 19.9. The predicted molar refractivity (Wildman–Crippen MR) is 90.3 cm³/mol. The van der Waals surface area contributed by atoms with Gasteiger partial charge in [0.25, 0.3) is 0 Å². The third-order valence-electron chi connectivity index (χ3n) is 3.98. The van der Waals surface area contributed by atoms with Crippen molar-refractivity contribution in [2.75, 3.05) is 0 Å². The van der Waals surface area contributed by atoms with Gasteiger partial charge in [-0.25, -0.2) is 0 Å². The Bertz CT molecular complexity index is 207. The van der Waals surface area contributed by atoms with Gasteiger partial charge in [0, 0.05) is 5.97 Å². The SMILES string of the molecule is CCCCCCCCCCCCCCCCCC(=O)[O-].[Tl+]. The van der Waals surface area contributed by atoms with Crippen LogP contribution in [0.3, 0.4) is 0 Å². The summed E-state index contributed by atoms with van der Waals surface area (Å²) in [5, 5.41) is 10.2. The van der Waals surface area contributed by atoms with Crippen LogP contribution in [-0.2, 0) is 4.79 Å². The first-order valence-corrected chi connectivity index (χ1v) is 8.97. The summed E-state index contributed by atoms with van der Waals surface area (Å²) in [4.78, 5) is 10.2. The smallest absolute Gasteiger partial charge is 0.550 e. The molecule has 0 aliphatic heterocycles. The Labute approximate surface area is 152 Å². The number of carboxylic acid groups (broad SMARTS) is 1. The maximum absolute atomic E-state index is 10.2. The van der Waals surface area contributed by atoms with Crippen LogP contribution in [0.1, 0.15) is 110 Å². The number of carbonyl (C=O) groups is 1. The van der Waals surface area contributed by atoms with Crippen molar-refractivity contribution in [1.82, 2.24) is 0 Å². The summed E-state index contributed by atoms with van der Waals surface area (Å²) in [5.41, 5.74) is 0. The second kappa shape index (κ2) is 20.4. The number of hydrogen-bond donors (Lipinski definition) is 0. The van der Waals surface area contributed by atoms with E-state index in [1.165, 1.54) is 83.5 Å². The minimum atomic E-state index is -0.903. The Kier molecular flexibility index (Phi) is 23.0. The molecule has 0 saturated heterocycles. The summed E-state index contributed by atoms with van der Waals surface area (Å²) >= 11 is 0. The molecule has 0 rings (SSSR count). The van der Waals surface area contributed by atoms with Crippen LogP contribution in [0, 0.1) is 0 Å². The second-order valence-electron chi connectivity index (χ2n) is 6.07. The molecular weight excluding hydrogens is 453 g/mol. The fourth-order valence-corrected chi connectivity index (χ4v) is 2.64. The van der Waals surface area contributed by atoms with Crippen LogP contribution >= 0.6 is 0 Å². The van der Waals surface area contributed by atoms with E-state index in [-0.39, 0.29) is 33.7 Å². The first-order chi connectivity index (χ1) is 9.77. The normalized spacial score (nSPS) is 10.3. The molecule has 0 spiro atoms. The largest absolute Gasteiger partial charge is 1.00 e. The molecule has 0 aromatic rings. The number of carboxylic acids is 1. The zero-order valence-corrected chi connectivity index (χ0v) is 18.7. The average Bonchev–Trinajstić information content (AvgIpc) is 2.43. The molecule has 0 bridgehead atoms. The molecule has 0 aromatic heterocycles. The van der Waals surface area contributed by atoms with Crippen LogP contribution in [0.15, 0.2) is 0 Å². The first kappa shape index (κ1) is 23.7. The van der Waals surface area contributed by atoms with E-state index in [0.717, 1.165) is 12.8 Å². The molecule has 122 valence electrons. The average molecular weight is 488 g/mol. The topological polar surface area (TPSA) is 40.1 Å². The number of carbonyl (C=O) groups excluding carboxylic acids is 1. The summed E-state index contributed by atoms with van der Waals surface area (Å²) < 4.78 is 0. The summed E-state index contributed by atoms with van der Waals surface area (Å²) in [6, 6.07) is 0. The zero-order valence-electron chi connectivity index (χ0n) is 14.2. The molecule has 0 aromatic carbocycles. The van der Waals surface area contributed by atoms with Gasteiger partial charge in [-0.2, -0.15) is 0 Å². The van der Waals surface area contributed by atoms with E-state index >= 15 is 0 Å². The van der Waals surface area contributed by atoms with E-state index in [4.69, 9.17) is 0 Å². The van der Waals surface area contributed by atoms with Crippen molar-refractivity contribution in [1.29, 1.82) is 0 Å². The Balaban J connectivity index is 0. The van der Waals surface area contributed by atoms with E-state index in [9.17, 15) is 9.90 Å². The van der Waals surface area contributed by atoms with Crippen LogP contribution in [0.2, 0.25) is 0 Å². The quantitative estimate of drug-likeness (QED) is 0.235. The van der Waals surface area contributed by atoms with Crippen LogP contribution in [0.25, 0.3) is 0 Å². The van der Waals surface area contributed by atoms with Crippen LogP contribution in [-0.4, -0.2) is 33.3 Å². The first-order valence-electron chi connectivity index (χ1n) is 8.97. The van der Waals surface area contributed by atoms with Gasteiger partial charge in [-0.3, -0.25) is 0 Å². The Morgan fingerprint density at radius 1 is 0.619 bits per heavy atom. The van der Waals surface area contributed by atoms with Crippen molar-refractivity contribution in [3.63, 3.8) is 0 Å². The molecular formula is C18H35O2Tl. The second-order valence-corrected chi connectivity index (χ2v) is 6.07. The van der Waals surface area contributed by atoms with Gasteiger partial charge in [-0.05, 0) is 12.8 Å². The Morgan fingerprint density at radius 2 is 0.905 bits per heavy atom. The summed E-state index contributed by atoms with van der Waals surface area (Å²) in [5.74, 6) is -0.903. The number of aliphatic carboxylic acids is 1. The monoisotopic (exact) mass is 488 g/mol. The molecule has 0 fully saturated rings. The van der Waals surface area contributed by atoms with Crippen LogP contribution < -0.4 is 5.11 Å². The summed E-state index contributed by atoms with van der Waals surface area (Å²) in [7, 11) is 0. The van der Waals surface area contributed by atoms with Crippen molar-refractivity contribution in [3.05, 3.63) is 0 Å². The van der Waals surface area contributed by atoms with Crippen molar-refractivity contribution in [3.8, 4) is 0 Å². The molecule has 0 atom stereocenters. The molecule has 3 heteroatoms. The van der Waals surface area contributed by atoms with E-state index in [0.29, 0.717) is 0 Å². The molecule has 0 aliphatic carbocycles. The predicted octanol–water partition coefficient (Wildman–Crippen LogP) is 4.62. The van der Waals surface area contributed by atoms with Crippen LogP contribution in [0.5, 0.6) is 0 Å². The molecule has 0 amide bonds. The van der Waals surface area contributed by atoms with E-state index in [1.54, 1.807) is 0 Å². The number of unbranched alkanes of at least 4 members (excludes halogenated alkanes) is 14. The molecule has 0 unspecified atom stereocenters. The number of rotatable bonds is 16. The van der Waals surface area contributed by atoms with Gasteiger partial charge in [0.15, 0.2) is 0 Å². The van der Waals surface area contributed by atoms with E-state index in [2.05, 4.69) is 6.92 Å². The molecule has 0 N–H and O–H groups in total. The van der Waals surface area contributed by atoms with Gasteiger partial charge >= 0.3 is 27.3 Å². The molecule has 2 nitrogen and oxygen atoms in total. The van der Waals surface area contributed by atoms with Gasteiger partial charge in [-0.15, -0.1) is 0 Å². The van der Waals surface area contributed by atoms with Crippen LogP contribution in [0.4, 0.5) is 0 Å². The van der Waals surface area contributed by atoms with Crippen molar-refractivity contribution in [2.45, 2.75) is 110 Å². The zero-order chi connectivity index (χ0) is 14.9. The van der Waals surface area contributed by atoms with Gasteiger partial charge in [0.05, 0.1) is 0 Å². The van der Waals surface area contributed by atoms with E-state index < -0.39 is 5.97 Å². The van der Waals surface area contributed by atoms with Gasteiger partial charge in [0.1, 0.15) is 0 Å². The molecule has 0 radical (unpaired) electrons. The summed E-state index contributed by atoms with van der Waals surface area (Å²) in [6.45, 7) is 2.27. The third kappa shape index (κ3) is 22.8. The van der Waals surface area contributed by atoms with Crippen molar-refractivity contribution >= 4 is 33.3 Å². The van der Waals surface area contributed by atoms with E-state index in [1.807, 2.05) is 0 Å². The Hall–Kier alpha value is 0.392. The standard InChI is InChI=1S/C18H36O2.Tl/c1-2-3-4-5-6-7-8-9-10-11-12-13-14-15-16-17-18(19)20;/h2-17H2,1H3,(H,19,20);/q;+1/p-1. The molecule has 0 aliphatic rings. The fourth-order valence-electron chi connectivity index (χ4n) is 2.64. The third-order valence-corrected chi connectivity index (χ3v) is 3.98. The molecule has 0 heterocycles. The van der Waals surface area contributed by atoms with Gasteiger partial charge in [0.2, 0.25) is 0 Å². The maximum Gasteiger partial charge on any atom is 1.00 e. The minimum Gasteiger partial charge on any atom is -0.550 e. The van der Waals surface area contributed by atoms with Crippen molar-refractivity contribution < 1.29 is 9.90 Å². The number of hydrogen-bond acceptors (Lipinski definition) is 2. The maximum atomic E-state index is 10.2. The minimum absolute atomic E-state index is 0. The Morgan fingerprint density at radius 3 is 1.19 bits per heavy atom.